The van der Waals surface area contributed by atoms with E-state index in [9.17, 15) is 0 Å². The summed E-state index contributed by atoms with van der Waals surface area (Å²) < 4.78 is 2.01. The Morgan fingerprint density at radius 1 is 1.11 bits per heavy atom. The van der Waals surface area contributed by atoms with Gasteiger partial charge >= 0.3 is 0 Å². The van der Waals surface area contributed by atoms with Crippen LogP contribution in [0, 0.1) is 13.8 Å². The number of hydrogen-bond donors (Lipinski definition) is 1. The first-order valence-corrected chi connectivity index (χ1v) is 6.71. The van der Waals surface area contributed by atoms with Gasteiger partial charge in [-0.3, -0.25) is 4.68 Å². The van der Waals surface area contributed by atoms with Gasteiger partial charge < -0.3 is 5.32 Å². The molecule has 19 heavy (non-hydrogen) atoms. The fraction of sp³-hybridized carbons (Fsp3) is 0.438. The van der Waals surface area contributed by atoms with Crippen molar-refractivity contribution in [1.82, 2.24) is 9.78 Å². The highest BCUT2D eigenvalue weighted by Crippen LogP contribution is 2.16. The molecule has 0 aliphatic carbocycles. The Bertz CT molecular complexity index is 541. The van der Waals surface area contributed by atoms with E-state index < -0.39 is 0 Å². The lowest BCUT2D eigenvalue weighted by molar-refractivity contribution is 0.355. The monoisotopic (exact) mass is 257 g/mol. The van der Waals surface area contributed by atoms with E-state index >= 15 is 0 Å². The van der Waals surface area contributed by atoms with E-state index in [1.807, 2.05) is 10.9 Å². The summed E-state index contributed by atoms with van der Waals surface area (Å²) in [7, 11) is 0. The van der Waals surface area contributed by atoms with Crippen LogP contribution in [-0.4, -0.2) is 9.78 Å². The van der Waals surface area contributed by atoms with Gasteiger partial charge in [0.05, 0.1) is 11.7 Å². The Morgan fingerprint density at radius 3 is 2.26 bits per heavy atom. The average molecular weight is 257 g/mol. The highest BCUT2D eigenvalue weighted by atomic mass is 15.3. The largest absolute Gasteiger partial charge is 0.381 e. The van der Waals surface area contributed by atoms with E-state index in [0.29, 0.717) is 0 Å². The zero-order chi connectivity index (χ0) is 14.0. The maximum Gasteiger partial charge on any atom is 0.0543 e. The molecule has 0 spiro atoms. The topological polar surface area (TPSA) is 29.9 Å². The number of rotatable bonds is 3. The molecule has 0 radical (unpaired) electrons. The second kappa shape index (κ2) is 5.08. The van der Waals surface area contributed by atoms with Crippen LogP contribution in [-0.2, 0) is 12.1 Å². The van der Waals surface area contributed by atoms with Crippen molar-refractivity contribution in [2.45, 2.75) is 46.7 Å². The summed E-state index contributed by atoms with van der Waals surface area (Å²) >= 11 is 0. The fourth-order valence-corrected chi connectivity index (χ4v) is 2.10. The zero-order valence-electron chi connectivity index (χ0n) is 12.5. The van der Waals surface area contributed by atoms with Gasteiger partial charge in [0.25, 0.3) is 0 Å². The first-order chi connectivity index (χ1) is 8.84. The quantitative estimate of drug-likeness (QED) is 0.904. The van der Waals surface area contributed by atoms with Crippen LogP contribution >= 0.6 is 0 Å². The van der Waals surface area contributed by atoms with Gasteiger partial charge in [-0.05, 0) is 57.9 Å². The predicted octanol–water partition coefficient (Wildman–Crippen LogP) is 3.87. The lowest BCUT2D eigenvalue weighted by atomic mass is 10.1. The molecular formula is C16H23N3. The van der Waals surface area contributed by atoms with E-state index in [1.165, 1.54) is 22.4 Å². The van der Waals surface area contributed by atoms with Gasteiger partial charge in [0.15, 0.2) is 0 Å². The molecule has 0 unspecified atom stereocenters. The summed E-state index contributed by atoms with van der Waals surface area (Å²) in [6.45, 7) is 11.5. The fourth-order valence-electron chi connectivity index (χ4n) is 2.10. The standard InChI is InChI=1S/C16H23N3/c1-12-6-13(2)8-15(7-12)17-9-14-10-18-19(11-14)16(3,4)5/h6-8,10-11,17H,9H2,1-5H3. The third kappa shape index (κ3) is 3.60. The average Bonchev–Trinajstić information content (AvgIpc) is 2.73. The normalized spacial score (nSPS) is 11.6. The van der Waals surface area contributed by atoms with E-state index in [0.717, 1.165) is 6.54 Å². The van der Waals surface area contributed by atoms with Gasteiger partial charge in [-0.15, -0.1) is 0 Å². The number of benzene rings is 1. The Hall–Kier alpha value is -1.77. The third-order valence-electron chi connectivity index (χ3n) is 3.04. The Morgan fingerprint density at radius 2 is 1.74 bits per heavy atom. The summed E-state index contributed by atoms with van der Waals surface area (Å²) in [5, 5.41) is 7.87. The molecule has 0 aliphatic rings. The smallest absolute Gasteiger partial charge is 0.0543 e. The minimum atomic E-state index is 0.0399. The molecule has 0 fully saturated rings. The molecule has 1 N–H and O–H groups in total. The van der Waals surface area contributed by atoms with Crippen molar-refractivity contribution in [3.8, 4) is 0 Å². The lowest BCUT2D eigenvalue weighted by Crippen LogP contribution is -2.21. The number of aryl methyl sites for hydroxylation is 2. The van der Waals surface area contributed by atoms with E-state index in [2.05, 4.69) is 69.4 Å². The minimum Gasteiger partial charge on any atom is -0.381 e. The number of aromatic nitrogens is 2. The number of nitrogens with one attached hydrogen (secondary N) is 1. The van der Waals surface area contributed by atoms with Gasteiger partial charge in [-0.2, -0.15) is 5.10 Å². The third-order valence-corrected chi connectivity index (χ3v) is 3.04. The molecule has 1 heterocycles. The molecule has 0 amide bonds. The highest BCUT2D eigenvalue weighted by molar-refractivity contribution is 5.48. The molecule has 0 aliphatic heterocycles. The first-order valence-electron chi connectivity index (χ1n) is 6.71. The lowest BCUT2D eigenvalue weighted by Gasteiger charge is -2.18. The number of nitrogens with zero attached hydrogens (tertiary/aromatic N) is 2. The molecule has 1 aromatic heterocycles. The van der Waals surface area contributed by atoms with Gasteiger partial charge in [0.1, 0.15) is 0 Å². The summed E-state index contributed by atoms with van der Waals surface area (Å²) in [5.41, 5.74) is 4.98. The van der Waals surface area contributed by atoms with Crippen molar-refractivity contribution in [2.75, 3.05) is 5.32 Å². The maximum atomic E-state index is 4.41. The summed E-state index contributed by atoms with van der Waals surface area (Å²) in [6, 6.07) is 6.52. The van der Waals surface area contributed by atoms with E-state index in [1.54, 1.807) is 0 Å². The molecular weight excluding hydrogens is 234 g/mol. The second-order valence-electron chi connectivity index (χ2n) is 6.19. The highest BCUT2D eigenvalue weighted by Gasteiger charge is 2.13. The Labute approximate surface area is 115 Å². The number of hydrogen-bond acceptors (Lipinski definition) is 2. The molecule has 2 aromatic rings. The molecule has 102 valence electrons. The molecule has 1 aromatic carbocycles. The van der Waals surface area contributed by atoms with Crippen molar-refractivity contribution in [2.24, 2.45) is 0 Å². The van der Waals surface area contributed by atoms with Crippen molar-refractivity contribution < 1.29 is 0 Å². The van der Waals surface area contributed by atoms with Crippen molar-refractivity contribution in [3.63, 3.8) is 0 Å². The van der Waals surface area contributed by atoms with Crippen molar-refractivity contribution in [3.05, 3.63) is 47.3 Å². The van der Waals surface area contributed by atoms with Gasteiger partial charge in [-0.1, -0.05) is 6.07 Å². The van der Waals surface area contributed by atoms with Crippen LogP contribution in [0.4, 0.5) is 5.69 Å². The van der Waals surface area contributed by atoms with Crippen LogP contribution in [0.3, 0.4) is 0 Å². The molecule has 0 bridgehead atoms. The van der Waals surface area contributed by atoms with Gasteiger partial charge in [0, 0.05) is 24.0 Å². The summed E-state index contributed by atoms with van der Waals surface area (Å²) in [6.07, 6.45) is 4.04. The molecule has 3 nitrogen and oxygen atoms in total. The molecule has 2 rings (SSSR count). The first kappa shape index (κ1) is 13.7. The Kier molecular flexibility index (Phi) is 3.65. The van der Waals surface area contributed by atoms with Crippen LogP contribution in [0.15, 0.2) is 30.6 Å². The Balaban J connectivity index is 2.04. The van der Waals surface area contributed by atoms with Crippen LogP contribution in [0.5, 0.6) is 0 Å². The van der Waals surface area contributed by atoms with Crippen molar-refractivity contribution >= 4 is 5.69 Å². The van der Waals surface area contributed by atoms with E-state index in [-0.39, 0.29) is 5.54 Å². The summed E-state index contributed by atoms with van der Waals surface area (Å²) in [5.74, 6) is 0. The molecule has 0 saturated heterocycles. The van der Waals surface area contributed by atoms with Crippen LogP contribution < -0.4 is 5.32 Å². The van der Waals surface area contributed by atoms with Gasteiger partial charge in [0.2, 0.25) is 0 Å². The second-order valence-corrected chi connectivity index (χ2v) is 6.19. The van der Waals surface area contributed by atoms with Crippen molar-refractivity contribution in [1.29, 1.82) is 0 Å². The maximum absolute atomic E-state index is 4.41. The summed E-state index contributed by atoms with van der Waals surface area (Å²) in [4.78, 5) is 0. The molecule has 3 heteroatoms. The van der Waals surface area contributed by atoms with E-state index in [4.69, 9.17) is 0 Å². The molecule has 0 saturated carbocycles. The SMILES string of the molecule is Cc1cc(C)cc(NCc2cnn(C(C)(C)C)c2)c1. The number of anilines is 1. The molecule has 0 atom stereocenters. The van der Waals surface area contributed by atoms with Crippen LogP contribution in [0.1, 0.15) is 37.5 Å². The van der Waals surface area contributed by atoms with Gasteiger partial charge in [-0.25, -0.2) is 0 Å². The zero-order valence-corrected chi connectivity index (χ0v) is 12.5. The predicted molar refractivity (Wildman–Crippen MR) is 80.5 cm³/mol. The minimum absolute atomic E-state index is 0.0399. The van der Waals surface area contributed by atoms with Crippen LogP contribution in [0.25, 0.3) is 0 Å². The van der Waals surface area contributed by atoms with Crippen LogP contribution in [0.2, 0.25) is 0 Å².